The normalized spacial score (nSPS) is 17.3. The first kappa shape index (κ1) is 14.9. The van der Waals surface area contributed by atoms with Gasteiger partial charge in [-0.1, -0.05) is 19.8 Å². The molecule has 0 spiro atoms. The molecule has 0 amide bonds. The Morgan fingerprint density at radius 3 is 2.59 bits per heavy atom. The van der Waals surface area contributed by atoms with Gasteiger partial charge < -0.3 is 14.8 Å². The molecule has 0 aromatic rings. The molecule has 17 heavy (non-hydrogen) atoms. The number of hydrogen-bond donors (Lipinski definition) is 1. The Balaban J connectivity index is 1.85. The van der Waals surface area contributed by atoms with E-state index in [0.717, 1.165) is 31.7 Å². The van der Waals surface area contributed by atoms with Crippen molar-refractivity contribution in [2.75, 3.05) is 33.5 Å². The summed E-state index contributed by atoms with van der Waals surface area (Å²) in [6.45, 7) is 5.65. The molecule has 0 aliphatic heterocycles. The second-order valence-electron chi connectivity index (χ2n) is 4.96. The van der Waals surface area contributed by atoms with E-state index in [9.17, 15) is 0 Å². The summed E-state index contributed by atoms with van der Waals surface area (Å²) < 4.78 is 10.4. The predicted octanol–water partition coefficient (Wildman–Crippen LogP) is 2.60. The van der Waals surface area contributed by atoms with Crippen LogP contribution in [0.15, 0.2) is 0 Å². The molecular formula is C14H29NO2. The van der Waals surface area contributed by atoms with E-state index in [1.165, 1.54) is 38.5 Å². The lowest BCUT2D eigenvalue weighted by Crippen LogP contribution is -2.30. The summed E-state index contributed by atoms with van der Waals surface area (Å²) in [5.74, 6) is 0.980. The molecule has 0 aromatic carbocycles. The summed E-state index contributed by atoms with van der Waals surface area (Å²) in [6.07, 6.45) is 8.04. The van der Waals surface area contributed by atoms with Crippen LogP contribution in [0.2, 0.25) is 0 Å². The SMILES string of the molecule is CCNC(CCCCCOCCOC)C1CC1. The van der Waals surface area contributed by atoms with Crippen molar-refractivity contribution < 1.29 is 9.47 Å². The van der Waals surface area contributed by atoms with Crippen LogP contribution in [0.3, 0.4) is 0 Å². The number of nitrogens with one attached hydrogen (secondary N) is 1. The van der Waals surface area contributed by atoms with Crippen LogP contribution in [0.25, 0.3) is 0 Å². The van der Waals surface area contributed by atoms with Crippen LogP contribution in [0.1, 0.15) is 45.4 Å². The summed E-state index contributed by atoms with van der Waals surface area (Å²) >= 11 is 0. The van der Waals surface area contributed by atoms with Crippen molar-refractivity contribution in [2.45, 2.75) is 51.5 Å². The van der Waals surface area contributed by atoms with E-state index in [4.69, 9.17) is 9.47 Å². The van der Waals surface area contributed by atoms with Crippen molar-refractivity contribution in [3.63, 3.8) is 0 Å². The smallest absolute Gasteiger partial charge is 0.0700 e. The summed E-state index contributed by atoms with van der Waals surface area (Å²) in [6, 6.07) is 0.786. The van der Waals surface area contributed by atoms with Crippen LogP contribution < -0.4 is 5.32 Å². The van der Waals surface area contributed by atoms with E-state index in [1.807, 2.05) is 0 Å². The molecule has 1 N–H and O–H groups in total. The van der Waals surface area contributed by atoms with Crippen LogP contribution in [-0.4, -0.2) is 39.5 Å². The zero-order valence-electron chi connectivity index (χ0n) is 11.5. The molecule has 3 nitrogen and oxygen atoms in total. The van der Waals surface area contributed by atoms with Crippen molar-refractivity contribution >= 4 is 0 Å². The Morgan fingerprint density at radius 1 is 1.12 bits per heavy atom. The third-order valence-electron chi connectivity index (χ3n) is 3.39. The lowest BCUT2D eigenvalue weighted by atomic mass is 10.0. The maximum atomic E-state index is 5.45. The largest absolute Gasteiger partial charge is 0.382 e. The fourth-order valence-electron chi connectivity index (χ4n) is 2.25. The fourth-order valence-corrected chi connectivity index (χ4v) is 2.25. The van der Waals surface area contributed by atoms with Crippen molar-refractivity contribution in [2.24, 2.45) is 5.92 Å². The fraction of sp³-hybridized carbons (Fsp3) is 1.00. The van der Waals surface area contributed by atoms with E-state index in [1.54, 1.807) is 7.11 Å². The molecule has 102 valence electrons. The first-order valence-electron chi connectivity index (χ1n) is 7.18. The average Bonchev–Trinajstić information content (AvgIpc) is 3.15. The molecule has 1 aliphatic rings. The summed E-state index contributed by atoms with van der Waals surface area (Å²) in [5.41, 5.74) is 0. The minimum absolute atomic E-state index is 0.712. The van der Waals surface area contributed by atoms with E-state index in [0.29, 0.717) is 6.61 Å². The Labute approximate surface area is 106 Å². The second kappa shape index (κ2) is 9.86. The van der Waals surface area contributed by atoms with Gasteiger partial charge in [0, 0.05) is 19.8 Å². The number of methoxy groups -OCH3 is 1. The highest BCUT2D eigenvalue weighted by Crippen LogP contribution is 2.34. The van der Waals surface area contributed by atoms with Gasteiger partial charge in [0.25, 0.3) is 0 Å². The van der Waals surface area contributed by atoms with E-state index in [-0.39, 0.29) is 0 Å². The topological polar surface area (TPSA) is 30.5 Å². The molecule has 0 heterocycles. The Hall–Kier alpha value is -0.120. The highest BCUT2D eigenvalue weighted by Gasteiger charge is 2.29. The van der Waals surface area contributed by atoms with Gasteiger partial charge in [0.2, 0.25) is 0 Å². The molecule has 1 aliphatic carbocycles. The van der Waals surface area contributed by atoms with E-state index >= 15 is 0 Å². The molecule has 0 aromatic heterocycles. The van der Waals surface area contributed by atoms with Crippen molar-refractivity contribution in [1.82, 2.24) is 5.32 Å². The quantitative estimate of drug-likeness (QED) is 0.534. The molecule has 1 unspecified atom stereocenters. The van der Waals surface area contributed by atoms with Gasteiger partial charge in [-0.3, -0.25) is 0 Å². The highest BCUT2D eigenvalue weighted by atomic mass is 16.5. The van der Waals surface area contributed by atoms with Gasteiger partial charge in [0.1, 0.15) is 0 Å². The van der Waals surface area contributed by atoms with Crippen LogP contribution in [0, 0.1) is 5.92 Å². The Kier molecular flexibility index (Phi) is 8.67. The van der Waals surface area contributed by atoms with E-state index in [2.05, 4.69) is 12.2 Å². The van der Waals surface area contributed by atoms with E-state index < -0.39 is 0 Å². The lowest BCUT2D eigenvalue weighted by molar-refractivity contribution is 0.0685. The number of rotatable bonds is 12. The van der Waals surface area contributed by atoms with Gasteiger partial charge in [0.15, 0.2) is 0 Å². The van der Waals surface area contributed by atoms with Gasteiger partial charge in [-0.25, -0.2) is 0 Å². The van der Waals surface area contributed by atoms with Crippen LogP contribution >= 0.6 is 0 Å². The molecule has 0 bridgehead atoms. The zero-order chi connectivity index (χ0) is 12.3. The lowest BCUT2D eigenvalue weighted by Gasteiger charge is -2.16. The predicted molar refractivity (Wildman–Crippen MR) is 71.4 cm³/mol. The molecule has 0 saturated heterocycles. The standard InChI is InChI=1S/C14H29NO2/c1-3-15-14(13-8-9-13)7-5-4-6-10-17-12-11-16-2/h13-15H,3-12H2,1-2H3. The first-order chi connectivity index (χ1) is 8.38. The van der Waals surface area contributed by atoms with Gasteiger partial charge in [-0.2, -0.15) is 0 Å². The number of unbranched alkanes of at least 4 members (excludes halogenated alkanes) is 2. The minimum Gasteiger partial charge on any atom is -0.382 e. The van der Waals surface area contributed by atoms with Crippen molar-refractivity contribution in [3.05, 3.63) is 0 Å². The summed E-state index contributed by atoms with van der Waals surface area (Å²) in [7, 11) is 1.71. The van der Waals surface area contributed by atoms with Crippen LogP contribution in [0.4, 0.5) is 0 Å². The van der Waals surface area contributed by atoms with Gasteiger partial charge in [0.05, 0.1) is 13.2 Å². The molecule has 3 heteroatoms. The Bertz CT molecular complexity index is 172. The third-order valence-corrected chi connectivity index (χ3v) is 3.39. The summed E-state index contributed by atoms with van der Waals surface area (Å²) in [5, 5.41) is 3.62. The molecule has 1 fully saturated rings. The number of hydrogen-bond acceptors (Lipinski definition) is 3. The molecule has 1 saturated carbocycles. The molecule has 1 rings (SSSR count). The average molecular weight is 243 g/mol. The minimum atomic E-state index is 0.712. The van der Waals surface area contributed by atoms with Gasteiger partial charge >= 0.3 is 0 Å². The highest BCUT2D eigenvalue weighted by molar-refractivity contribution is 4.85. The zero-order valence-corrected chi connectivity index (χ0v) is 11.5. The first-order valence-corrected chi connectivity index (χ1v) is 7.18. The maximum Gasteiger partial charge on any atom is 0.0700 e. The van der Waals surface area contributed by atoms with Gasteiger partial charge in [-0.15, -0.1) is 0 Å². The number of ether oxygens (including phenoxy) is 2. The Morgan fingerprint density at radius 2 is 1.94 bits per heavy atom. The van der Waals surface area contributed by atoms with Crippen LogP contribution in [-0.2, 0) is 9.47 Å². The van der Waals surface area contributed by atoms with Gasteiger partial charge in [-0.05, 0) is 38.1 Å². The second-order valence-corrected chi connectivity index (χ2v) is 4.96. The molecule has 1 atom stereocenters. The van der Waals surface area contributed by atoms with Crippen molar-refractivity contribution in [3.8, 4) is 0 Å². The van der Waals surface area contributed by atoms with Crippen LogP contribution in [0.5, 0.6) is 0 Å². The third kappa shape index (κ3) is 7.74. The monoisotopic (exact) mass is 243 g/mol. The maximum absolute atomic E-state index is 5.45. The molecular weight excluding hydrogens is 214 g/mol. The molecule has 0 radical (unpaired) electrons. The van der Waals surface area contributed by atoms with Crippen molar-refractivity contribution in [1.29, 1.82) is 0 Å². The summed E-state index contributed by atoms with van der Waals surface area (Å²) in [4.78, 5) is 0.